The Balaban J connectivity index is 2.30. The highest BCUT2D eigenvalue weighted by atomic mass is 16.5. The molecule has 0 spiro atoms. The Morgan fingerprint density at radius 3 is 2.24 bits per heavy atom. The van der Waals surface area contributed by atoms with Gasteiger partial charge in [-0.1, -0.05) is 32.8 Å². The molecule has 0 unspecified atom stereocenters. The summed E-state index contributed by atoms with van der Waals surface area (Å²) in [5.74, 6) is 1.50. The molecule has 2 rings (SSSR count). The van der Waals surface area contributed by atoms with Gasteiger partial charge >= 0.3 is 0 Å². The van der Waals surface area contributed by atoms with Crippen LogP contribution in [0.25, 0.3) is 6.08 Å². The normalized spacial score (nSPS) is 10.9. The molecule has 0 aliphatic heterocycles. The monoisotopic (exact) mass is 395 g/mol. The minimum Gasteiger partial charge on any atom is -0.493 e. The third kappa shape index (κ3) is 6.67. The van der Waals surface area contributed by atoms with Crippen LogP contribution >= 0.6 is 0 Å². The van der Waals surface area contributed by atoms with Crippen LogP contribution < -0.4 is 14.8 Å². The Labute approximate surface area is 174 Å². The number of unbranched alkanes of at least 4 members (excludes halogenated alkanes) is 2. The van der Waals surface area contributed by atoms with Gasteiger partial charge in [0, 0.05) is 18.3 Å². The fraction of sp³-hybridized carbons (Fsp3) is 0.400. The first kappa shape index (κ1) is 22.5. The largest absolute Gasteiger partial charge is 0.493 e. The average Bonchev–Trinajstić information content (AvgIpc) is 2.75. The fourth-order valence-electron chi connectivity index (χ4n) is 2.87. The van der Waals surface area contributed by atoms with Crippen LogP contribution in [-0.2, 0) is 0 Å². The lowest BCUT2D eigenvalue weighted by molar-refractivity contribution is 0.104. The highest BCUT2D eigenvalue weighted by molar-refractivity contribution is 6.07. The molecule has 156 valence electrons. The molecular formula is C25H33NO3. The van der Waals surface area contributed by atoms with Gasteiger partial charge in [-0.2, -0.15) is 0 Å². The number of hydrogen-bond acceptors (Lipinski definition) is 4. The summed E-state index contributed by atoms with van der Waals surface area (Å²) in [4.78, 5) is 12.7. The Morgan fingerprint density at radius 2 is 1.62 bits per heavy atom. The predicted octanol–water partition coefficient (Wildman–Crippen LogP) is 6.29. The van der Waals surface area contributed by atoms with Gasteiger partial charge in [0.05, 0.1) is 18.8 Å². The lowest BCUT2D eigenvalue weighted by atomic mass is 10.0. The van der Waals surface area contributed by atoms with Crippen molar-refractivity contribution in [1.82, 2.24) is 0 Å². The van der Waals surface area contributed by atoms with Crippen molar-refractivity contribution in [2.45, 2.75) is 46.5 Å². The van der Waals surface area contributed by atoms with Gasteiger partial charge in [0.2, 0.25) is 0 Å². The summed E-state index contributed by atoms with van der Waals surface area (Å²) in [6, 6.07) is 11.4. The number of anilines is 1. The molecule has 0 aromatic heterocycles. The third-order valence-electron chi connectivity index (χ3n) is 4.71. The second-order valence-electron chi connectivity index (χ2n) is 7.05. The molecule has 4 heteroatoms. The first-order valence-corrected chi connectivity index (χ1v) is 10.5. The molecule has 1 N–H and O–H groups in total. The van der Waals surface area contributed by atoms with E-state index in [4.69, 9.17) is 9.47 Å². The minimum atomic E-state index is -0.0480. The van der Waals surface area contributed by atoms with Gasteiger partial charge in [0.15, 0.2) is 5.78 Å². The summed E-state index contributed by atoms with van der Waals surface area (Å²) >= 11 is 0. The minimum absolute atomic E-state index is 0.0480. The summed E-state index contributed by atoms with van der Waals surface area (Å²) in [5.41, 5.74) is 3.49. The number of ether oxygens (including phenoxy) is 2. The molecule has 4 nitrogen and oxygen atoms in total. The van der Waals surface area contributed by atoms with Crippen LogP contribution in [0, 0.1) is 6.92 Å². The Morgan fingerprint density at radius 1 is 0.966 bits per heavy atom. The Bertz CT molecular complexity index is 810. The number of aryl methyl sites for hydroxylation is 1. The number of allylic oxidation sites excluding steroid dienone is 1. The van der Waals surface area contributed by atoms with Gasteiger partial charge in [-0.05, 0) is 67.8 Å². The van der Waals surface area contributed by atoms with Crippen LogP contribution in [0.5, 0.6) is 11.5 Å². The van der Waals surface area contributed by atoms with E-state index in [1.54, 1.807) is 6.08 Å². The molecule has 0 aliphatic rings. The van der Waals surface area contributed by atoms with E-state index in [0.29, 0.717) is 18.8 Å². The maximum absolute atomic E-state index is 12.7. The first-order valence-electron chi connectivity index (χ1n) is 10.5. The molecule has 0 heterocycles. The third-order valence-corrected chi connectivity index (χ3v) is 4.71. The van der Waals surface area contributed by atoms with Crippen LogP contribution in [0.1, 0.15) is 61.0 Å². The molecular weight excluding hydrogens is 362 g/mol. The van der Waals surface area contributed by atoms with Crippen molar-refractivity contribution in [3.05, 3.63) is 59.2 Å². The zero-order chi connectivity index (χ0) is 21.1. The summed E-state index contributed by atoms with van der Waals surface area (Å²) < 4.78 is 12.1. The van der Waals surface area contributed by atoms with E-state index in [1.165, 1.54) is 0 Å². The summed E-state index contributed by atoms with van der Waals surface area (Å²) in [5, 5.41) is 3.06. The van der Waals surface area contributed by atoms with Crippen molar-refractivity contribution in [3.63, 3.8) is 0 Å². The Hall–Kier alpha value is -2.75. The molecule has 2 aromatic carbocycles. The van der Waals surface area contributed by atoms with E-state index in [2.05, 4.69) is 19.2 Å². The smallest absolute Gasteiger partial charge is 0.185 e. The molecule has 0 aliphatic carbocycles. The number of rotatable bonds is 12. The second-order valence-corrected chi connectivity index (χ2v) is 7.05. The molecule has 0 saturated heterocycles. The number of hydrogen-bond donors (Lipinski definition) is 1. The van der Waals surface area contributed by atoms with E-state index in [-0.39, 0.29) is 5.78 Å². The van der Waals surface area contributed by atoms with Gasteiger partial charge in [-0.25, -0.2) is 0 Å². The number of ketones is 1. The lowest BCUT2D eigenvalue weighted by Gasteiger charge is -2.16. The number of carbonyl (C=O) groups excluding carboxylic acids is 1. The van der Waals surface area contributed by atoms with E-state index < -0.39 is 0 Å². The molecule has 29 heavy (non-hydrogen) atoms. The van der Waals surface area contributed by atoms with Gasteiger partial charge < -0.3 is 14.8 Å². The van der Waals surface area contributed by atoms with Crippen LogP contribution in [0.2, 0.25) is 0 Å². The van der Waals surface area contributed by atoms with Crippen LogP contribution in [-0.4, -0.2) is 26.0 Å². The van der Waals surface area contributed by atoms with Crippen molar-refractivity contribution < 1.29 is 14.3 Å². The summed E-state index contributed by atoms with van der Waals surface area (Å²) in [6.07, 6.45) is 7.53. The van der Waals surface area contributed by atoms with E-state index in [0.717, 1.165) is 54.0 Å². The Kier molecular flexibility index (Phi) is 9.29. The zero-order valence-electron chi connectivity index (χ0n) is 18.1. The van der Waals surface area contributed by atoms with Gasteiger partial charge in [-0.3, -0.25) is 4.79 Å². The SMILES string of the molecule is CCCCOc1ccc(C)c(OCCCC)c1/C=C/C(=O)c1ccc(NC)cc1. The van der Waals surface area contributed by atoms with E-state index >= 15 is 0 Å². The lowest BCUT2D eigenvalue weighted by Crippen LogP contribution is -2.04. The predicted molar refractivity (Wildman–Crippen MR) is 121 cm³/mol. The molecule has 0 amide bonds. The van der Waals surface area contributed by atoms with Gasteiger partial charge in [0.25, 0.3) is 0 Å². The molecule has 0 saturated carbocycles. The van der Waals surface area contributed by atoms with Crippen LogP contribution in [0.4, 0.5) is 5.69 Å². The van der Waals surface area contributed by atoms with Crippen molar-refractivity contribution in [2.75, 3.05) is 25.6 Å². The van der Waals surface area contributed by atoms with Crippen LogP contribution in [0.3, 0.4) is 0 Å². The van der Waals surface area contributed by atoms with E-state index in [1.807, 2.05) is 56.4 Å². The highest BCUT2D eigenvalue weighted by Crippen LogP contribution is 2.34. The fourth-order valence-corrected chi connectivity index (χ4v) is 2.87. The average molecular weight is 396 g/mol. The standard InChI is InChI=1S/C25H33NO3/c1-5-7-17-28-24-16-9-19(3)25(29-18-8-6-2)22(24)14-15-23(27)20-10-12-21(26-4)13-11-20/h9-16,26H,5-8,17-18H2,1-4H3/b15-14+. The molecule has 0 atom stereocenters. The molecule has 0 bridgehead atoms. The summed E-state index contributed by atoms with van der Waals surface area (Å²) in [7, 11) is 1.86. The van der Waals surface area contributed by atoms with Crippen LogP contribution in [0.15, 0.2) is 42.5 Å². The topological polar surface area (TPSA) is 47.6 Å². The van der Waals surface area contributed by atoms with Crippen molar-refractivity contribution in [2.24, 2.45) is 0 Å². The van der Waals surface area contributed by atoms with Gasteiger partial charge in [-0.15, -0.1) is 0 Å². The van der Waals surface area contributed by atoms with Gasteiger partial charge in [0.1, 0.15) is 11.5 Å². The zero-order valence-corrected chi connectivity index (χ0v) is 18.1. The second kappa shape index (κ2) is 11.9. The maximum atomic E-state index is 12.7. The van der Waals surface area contributed by atoms with Crippen molar-refractivity contribution >= 4 is 17.5 Å². The quantitative estimate of drug-likeness (QED) is 0.261. The molecule has 2 aromatic rings. The van der Waals surface area contributed by atoms with Crippen molar-refractivity contribution in [1.29, 1.82) is 0 Å². The molecule has 0 radical (unpaired) electrons. The summed E-state index contributed by atoms with van der Waals surface area (Å²) in [6.45, 7) is 7.59. The highest BCUT2D eigenvalue weighted by Gasteiger charge is 2.13. The molecule has 0 fully saturated rings. The number of benzene rings is 2. The first-order chi connectivity index (χ1) is 14.1. The van der Waals surface area contributed by atoms with Crippen molar-refractivity contribution in [3.8, 4) is 11.5 Å². The maximum Gasteiger partial charge on any atom is 0.185 e. The van der Waals surface area contributed by atoms with E-state index in [9.17, 15) is 4.79 Å². The number of carbonyl (C=O) groups is 1. The number of nitrogens with one attached hydrogen (secondary N) is 1.